The van der Waals surface area contributed by atoms with Gasteiger partial charge in [-0.15, -0.1) is 0 Å². The van der Waals surface area contributed by atoms with E-state index in [9.17, 15) is 0 Å². The van der Waals surface area contributed by atoms with Crippen molar-refractivity contribution < 1.29 is 4.42 Å². The van der Waals surface area contributed by atoms with E-state index >= 15 is 0 Å². The summed E-state index contributed by atoms with van der Waals surface area (Å²) in [5.41, 5.74) is 9.03. The highest BCUT2D eigenvalue weighted by Crippen LogP contribution is 2.42. The maximum atomic E-state index is 6.78. The Hall–Kier alpha value is -6.91. The Balaban J connectivity index is 1.13. The van der Waals surface area contributed by atoms with Crippen molar-refractivity contribution >= 4 is 43.5 Å². The van der Waals surface area contributed by atoms with E-state index in [2.05, 4.69) is 115 Å². The normalized spacial score (nSPS) is 11.5. The third-order valence-electron chi connectivity index (χ3n) is 9.71. The first-order valence-electron chi connectivity index (χ1n) is 17.1. The highest BCUT2D eigenvalue weighted by atomic mass is 16.3. The molecule has 0 N–H and O–H groups in total. The largest absolute Gasteiger partial charge is 0.455 e. The minimum Gasteiger partial charge on any atom is -0.455 e. The van der Waals surface area contributed by atoms with Gasteiger partial charge in [-0.25, -0.2) is 15.0 Å². The molecule has 10 rings (SSSR count). The van der Waals surface area contributed by atoms with Gasteiger partial charge in [-0.1, -0.05) is 152 Å². The van der Waals surface area contributed by atoms with Crippen LogP contribution in [0.1, 0.15) is 0 Å². The lowest BCUT2D eigenvalue weighted by atomic mass is 9.97. The molecule has 0 saturated carbocycles. The van der Waals surface area contributed by atoms with Crippen LogP contribution in [0.3, 0.4) is 0 Å². The van der Waals surface area contributed by atoms with Crippen molar-refractivity contribution in [3.8, 4) is 56.4 Å². The van der Waals surface area contributed by atoms with Crippen LogP contribution in [-0.4, -0.2) is 15.0 Å². The minimum absolute atomic E-state index is 0.606. The standard InChI is InChI=1S/C47H29N3O/c1-3-12-33(13-4-1)45-48-46(34-14-5-2-6-15-34)50-47(49-45)41-28-38-17-9-10-18-39(38)44-43(41)40-26-25-37(29-42(40)51-44)32-21-19-31(20-22-32)36-24-23-30-11-7-8-16-35(30)27-36/h1-29H. The predicted molar refractivity (Wildman–Crippen MR) is 209 cm³/mol. The van der Waals surface area contributed by atoms with Crippen LogP contribution in [0.2, 0.25) is 0 Å². The molecule has 4 nitrogen and oxygen atoms in total. The van der Waals surface area contributed by atoms with Gasteiger partial charge in [0.25, 0.3) is 0 Å². The number of furan rings is 1. The number of aromatic nitrogens is 3. The van der Waals surface area contributed by atoms with Gasteiger partial charge >= 0.3 is 0 Å². The van der Waals surface area contributed by atoms with E-state index in [1.165, 1.54) is 21.9 Å². The van der Waals surface area contributed by atoms with Crippen molar-refractivity contribution in [2.75, 3.05) is 0 Å². The van der Waals surface area contributed by atoms with Crippen molar-refractivity contribution in [1.29, 1.82) is 0 Å². The molecule has 0 aliphatic heterocycles. The Kier molecular flexibility index (Phi) is 6.78. The van der Waals surface area contributed by atoms with Crippen LogP contribution in [-0.2, 0) is 0 Å². The third kappa shape index (κ3) is 5.13. The fourth-order valence-electron chi connectivity index (χ4n) is 7.12. The average molecular weight is 652 g/mol. The zero-order valence-corrected chi connectivity index (χ0v) is 27.5. The SMILES string of the molecule is c1ccc(-c2nc(-c3ccccc3)nc(-c3cc4ccccc4c4oc5cc(-c6ccc(-c7ccc8ccccc8c7)cc6)ccc5c34)n2)cc1. The fraction of sp³-hybridized carbons (Fsp3) is 0. The summed E-state index contributed by atoms with van der Waals surface area (Å²) in [5, 5.41) is 6.61. The van der Waals surface area contributed by atoms with Crippen molar-refractivity contribution in [2.24, 2.45) is 0 Å². The molecule has 0 radical (unpaired) electrons. The second-order valence-corrected chi connectivity index (χ2v) is 12.8. The number of hydrogen-bond acceptors (Lipinski definition) is 4. The van der Waals surface area contributed by atoms with Crippen LogP contribution in [0.5, 0.6) is 0 Å². The molecule has 2 aromatic heterocycles. The maximum Gasteiger partial charge on any atom is 0.164 e. The fourth-order valence-corrected chi connectivity index (χ4v) is 7.12. The lowest BCUT2D eigenvalue weighted by molar-refractivity contribution is 0.673. The summed E-state index contributed by atoms with van der Waals surface area (Å²) in [7, 11) is 0. The van der Waals surface area contributed by atoms with Crippen LogP contribution in [0, 0.1) is 0 Å². The molecule has 0 saturated heterocycles. The van der Waals surface area contributed by atoms with Crippen LogP contribution in [0.15, 0.2) is 180 Å². The van der Waals surface area contributed by atoms with E-state index in [1.807, 2.05) is 60.7 Å². The molecule has 0 atom stereocenters. The van der Waals surface area contributed by atoms with E-state index < -0.39 is 0 Å². The molecular weight excluding hydrogens is 623 g/mol. The van der Waals surface area contributed by atoms with Crippen molar-refractivity contribution in [1.82, 2.24) is 15.0 Å². The summed E-state index contributed by atoms with van der Waals surface area (Å²) < 4.78 is 6.78. The molecule has 2 heterocycles. The zero-order valence-electron chi connectivity index (χ0n) is 27.5. The summed E-state index contributed by atoms with van der Waals surface area (Å²) in [6.45, 7) is 0. The van der Waals surface area contributed by atoms with Gasteiger partial charge in [0.1, 0.15) is 11.2 Å². The predicted octanol–water partition coefficient (Wildman–Crippen LogP) is 12.4. The maximum absolute atomic E-state index is 6.78. The molecule has 0 aliphatic carbocycles. The van der Waals surface area contributed by atoms with Gasteiger partial charge in [0, 0.05) is 32.8 Å². The van der Waals surface area contributed by atoms with Gasteiger partial charge in [0.05, 0.1) is 0 Å². The van der Waals surface area contributed by atoms with E-state index in [1.54, 1.807) is 0 Å². The first kappa shape index (κ1) is 29.0. The molecule has 0 amide bonds. The molecule has 0 spiro atoms. The van der Waals surface area contributed by atoms with Gasteiger partial charge in [-0.3, -0.25) is 0 Å². The first-order chi connectivity index (χ1) is 25.2. The van der Waals surface area contributed by atoms with E-state index in [0.29, 0.717) is 17.5 Å². The van der Waals surface area contributed by atoms with Gasteiger partial charge in [-0.2, -0.15) is 0 Å². The Labute approximate surface area is 294 Å². The number of hydrogen-bond donors (Lipinski definition) is 0. The van der Waals surface area contributed by atoms with Crippen LogP contribution in [0.25, 0.3) is 99.9 Å². The molecule has 10 aromatic rings. The van der Waals surface area contributed by atoms with Crippen LogP contribution >= 0.6 is 0 Å². The number of nitrogens with zero attached hydrogens (tertiary/aromatic N) is 3. The van der Waals surface area contributed by atoms with Crippen molar-refractivity contribution in [3.05, 3.63) is 176 Å². The molecule has 8 aromatic carbocycles. The lowest BCUT2D eigenvalue weighted by Crippen LogP contribution is -2.00. The molecule has 0 bridgehead atoms. The molecule has 4 heteroatoms. The molecular formula is C47H29N3O. The highest BCUT2D eigenvalue weighted by Gasteiger charge is 2.20. The molecule has 51 heavy (non-hydrogen) atoms. The highest BCUT2D eigenvalue weighted by molar-refractivity contribution is 6.21. The van der Waals surface area contributed by atoms with Crippen molar-refractivity contribution in [2.45, 2.75) is 0 Å². The second kappa shape index (κ2) is 11.9. The van der Waals surface area contributed by atoms with Crippen molar-refractivity contribution in [3.63, 3.8) is 0 Å². The number of rotatable bonds is 5. The molecule has 0 aliphatic rings. The summed E-state index contributed by atoms with van der Waals surface area (Å²) in [6.07, 6.45) is 0. The quantitative estimate of drug-likeness (QED) is 0.186. The monoisotopic (exact) mass is 651 g/mol. The van der Waals surface area contributed by atoms with E-state index in [0.717, 1.165) is 60.5 Å². The van der Waals surface area contributed by atoms with Gasteiger partial charge in [0.2, 0.25) is 0 Å². The Bertz CT molecular complexity index is 2840. The van der Waals surface area contributed by atoms with E-state index in [4.69, 9.17) is 19.4 Å². The summed E-state index contributed by atoms with van der Waals surface area (Å²) in [6, 6.07) is 61.1. The smallest absolute Gasteiger partial charge is 0.164 e. The first-order valence-corrected chi connectivity index (χ1v) is 17.1. The third-order valence-corrected chi connectivity index (χ3v) is 9.71. The Morgan fingerprint density at radius 1 is 0.333 bits per heavy atom. The Morgan fingerprint density at radius 3 is 1.55 bits per heavy atom. The lowest BCUT2D eigenvalue weighted by Gasteiger charge is -2.10. The molecule has 238 valence electrons. The molecule has 0 fully saturated rings. The summed E-state index contributed by atoms with van der Waals surface area (Å²) >= 11 is 0. The summed E-state index contributed by atoms with van der Waals surface area (Å²) in [5.74, 6) is 1.86. The minimum atomic E-state index is 0.606. The van der Waals surface area contributed by atoms with E-state index in [-0.39, 0.29) is 0 Å². The number of benzene rings is 8. The summed E-state index contributed by atoms with van der Waals surface area (Å²) in [4.78, 5) is 15.1. The van der Waals surface area contributed by atoms with Gasteiger partial charge < -0.3 is 4.42 Å². The van der Waals surface area contributed by atoms with Crippen LogP contribution < -0.4 is 0 Å². The molecule has 0 unspecified atom stereocenters. The average Bonchev–Trinajstić information content (AvgIpc) is 3.60. The zero-order chi connectivity index (χ0) is 33.7. The Morgan fingerprint density at radius 2 is 0.863 bits per heavy atom. The number of fused-ring (bicyclic) bond motifs is 6. The van der Waals surface area contributed by atoms with Gasteiger partial charge in [0.15, 0.2) is 17.5 Å². The second-order valence-electron chi connectivity index (χ2n) is 12.8. The van der Waals surface area contributed by atoms with Crippen LogP contribution in [0.4, 0.5) is 0 Å². The topological polar surface area (TPSA) is 51.8 Å². The van der Waals surface area contributed by atoms with Gasteiger partial charge in [-0.05, 0) is 62.7 Å².